The quantitative estimate of drug-likeness (QED) is 0.687. The number of aliphatic carboxylic acids is 1. The van der Waals surface area contributed by atoms with E-state index < -0.39 is 5.97 Å². The molecule has 0 aliphatic heterocycles. The number of carboxylic acids is 1. The molecule has 0 aliphatic rings. The van der Waals surface area contributed by atoms with Crippen LogP contribution in [0.5, 0.6) is 0 Å². The molecule has 1 aromatic carbocycles. The highest BCUT2D eigenvalue weighted by molar-refractivity contribution is 5.80. The van der Waals surface area contributed by atoms with E-state index in [1.165, 1.54) is 0 Å². The summed E-state index contributed by atoms with van der Waals surface area (Å²) in [5.74, 6) is -1.06. The predicted octanol–water partition coefficient (Wildman–Crippen LogP) is 0.527. The molecule has 0 saturated heterocycles. The summed E-state index contributed by atoms with van der Waals surface area (Å²) >= 11 is 0. The lowest BCUT2D eigenvalue weighted by molar-refractivity contribution is -0.304. The molecule has 0 bridgehead atoms. The summed E-state index contributed by atoms with van der Waals surface area (Å²) in [5.41, 5.74) is 1.61. The van der Waals surface area contributed by atoms with Crippen LogP contribution >= 0.6 is 0 Å². The summed E-state index contributed by atoms with van der Waals surface area (Å²) in [7, 11) is 0. The Morgan fingerprint density at radius 3 is 3.00 bits per heavy atom. The fourth-order valence-corrected chi connectivity index (χ4v) is 1.40. The summed E-state index contributed by atoms with van der Waals surface area (Å²) in [4.78, 5) is 14.5. The number of carbonyl (C=O) groups excluding carboxylic acids is 1. The van der Waals surface area contributed by atoms with Gasteiger partial charge in [0.25, 0.3) is 0 Å². The summed E-state index contributed by atoms with van der Waals surface area (Å²) in [6.07, 6.45) is 1.66. The van der Waals surface area contributed by atoms with Gasteiger partial charge in [0.15, 0.2) is 0 Å². The molecule has 0 fully saturated rings. The summed E-state index contributed by atoms with van der Waals surface area (Å²) in [5, 5.41) is 11.3. The lowest BCUT2D eigenvalue weighted by Crippen LogP contribution is -2.24. The highest BCUT2D eigenvalue weighted by Gasteiger charge is 1.96. The maximum Gasteiger partial charge on any atom is 0.0702 e. The number of carbonyl (C=O) groups is 1. The molecule has 3 nitrogen and oxygen atoms in total. The van der Waals surface area contributed by atoms with Crippen LogP contribution in [-0.2, 0) is 11.2 Å². The number of hydrogen-bond donors (Lipinski definition) is 0. The molecule has 0 atom stereocenters. The maximum atomic E-state index is 10.4. The predicted molar refractivity (Wildman–Crippen MR) is 50.5 cm³/mol. The van der Waals surface area contributed by atoms with Gasteiger partial charge in [-0.3, -0.25) is 4.98 Å². The Balaban J connectivity index is 2.46. The van der Waals surface area contributed by atoms with Crippen molar-refractivity contribution in [3.8, 4) is 0 Å². The van der Waals surface area contributed by atoms with E-state index in [1.54, 1.807) is 12.3 Å². The first-order valence-corrected chi connectivity index (χ1v) is 4.29. The van der Waals surface area contributed by atoms with Gasteiger partial charge in [0, 0.05) is 24.0 Å². The zero-order valence-corrected chi connectivity index (χ0v) is 7.43. The average molecular weight is 186 g/mol. The molecule has 1 heterocycles. The maximum absolute atomic E-state index is 10.4. The zero-order chi connectivity index (χ0) is 9.97. The molecule has 0 spiro atoms. The van der Waals surface area contributed by atoms with Gasteiger partial charge in [-0.15, -0.1) is 0 Å². The third kappa shape index (κ3) is 1.71. The number of fused-ring (bicyclic) bond motifs is 1. The van der Waals surface area contributed by atoms with Crippen LogP contribution in [-0.4, -0.2) is 11.0 Å². The van der Waals surface area contributed by atoms with E-state index in [9.17, 15) is 9.90 Å². The normalized spacial score (nSPS) is 10.3. The van der Waals surface area contributed by atoms with Crippen molar-refractivity contribution >= 4 is 16.9 Å². The van der Waals surface area contributed by atoms with Crippen LogP contribution in [0.25, 0.3) is 10.9 Å². The largest absolute Gasteiger partial charge is 0.550 e. The lowest BCUT2D eigenvalue weighted by Gasteiger charge is -2.03. The number of hydrogen-bond acceptors (Lipinski definition) is 3. The number of nitrogens with zero attached hydrogens (tertiary/aromatic N) is 1. The number of pyridine rings is 1. The Morgan fingerprint density at radius 2 is 2.21 bits per heavy atom. The molecular weight excluding hydrogens is 178 g/mol. The van der Waals surface area contributed by atoms with E-state index in [-0.39, 0.29) is 6.42 Å². The van der Waals surface area contributed by atoms with Gasteiger partial charge in [0.2, 0.25) is 0 Å². The van der Waals surface area contributed by atoms with Crippen molar-refractivity contribution in [1.29, 1.82) is 0 Å². The molecule has 0 N–H and O–H groups in total. The van der Waals surface area contributed by atoms with Crippen molar-refractivity contribution in [1.82, 2.24) is 4.98 Å². The van der Waals surface area contributed by atoms with E-state index in [4.69, 9.17) is 0 Å². The second kappa shape index (κ2) is 3.46. The van der Waals surface area contributed by atoms with Crippen LogP contribution < -0.4 is 5.11 Å². The monoisotopic (exact) mass is 186 g/mol. The van der Waals surface area contributed by atoms with Crippen LogP contribution in [0.1, 0.15) is 5.56 Å². The number of benzene rings is 1. The number of rotatable bonds is 2. The van der Waals surface area contributed by atoms with Crippen LogP contribution in [0.2, 0.25) is 0 Å². The first-order chi connectivity index (χ1) is 6.75. The minimum absolute atomic E-state index is 0.0508. The fraction of sp³-hybridized carbons (Fsp3) is 0.0909. The molecular formula is C11H8NO2-. The summed E-state index contributed by atoms with van der Waals surface area (Å²) in [6, 6.07) is 9.11. The molecule has 14 heavy (non-hydrogen) atoms. The van der Waals surface area contributed by atoms with Gasteiger partial charge in [-0.05, 0) is 23.8 Å². The standard InChI is InChI=1S/C11H9NO2/c13-11(14)7-8-3-4-10-9(6-8)2-1-5-12-10/h1-6H,7H2,(H,13,14)/p-1. The molecule has 3 heteroatoms. The Bertz CT molecular complexity index is 479. The fourth-order valence-electron chi connectivity index (χ4n) is 1.40. The molecule has 0 unspecified atom stereocenters. The van der Waals surface area contributed by atoms with Crippen molar-refractivity contribution in [2.24, 2.45) is 0 Å². The van der Waals surface area contributed by atoms with E-state index in [0.29, 0.717) is 0 Å². The van der Waals surface area contributed by atoms with Crippen molar-refractivity contribution in [2.45, 2.75) is 6.42 Å². The van der Waals surface area contributed by atoms with Crippen LogP contribution in [0.4, 0.5) is 0 Å². The van der Waals surface area contributed by atoms with Gasteiger partial charge >= 0.3 is 0 Å². The second-order valence-electron chi connectivity index (χ2n) is 3.08. The van der Waals surface area contributed by atoms with E-state index in [1.807, 2.05) is 24.3 Å². The molecule has 0 aliphatic carbocycles. The van der Waals surface area contributed by atoms with Gasteiger partial charge in [0.05, 0.1) is 5.52 Å². The Hall–Kier alpha value is -1.90. The molecule has 0 amide bonds. The van der Waals surface area contributed by atoms with E-state index in [0.717, 1.165) is 16.5 Å². The smallest absolute Gasteiger partial charge is 0.0702 e. The third-order valence-electron chi connectivity index (χ3n) is 2.02. The molecule has 1 aromatic heterocycles. The van der Waals surface area contributed by atoms with Crippen molar-refractivity contribution in [2.75, 3.05) is 0 Å². The van der Waals surface area contributed by atoms with Gasteiger partial charge in [-0.2, -0.15) is 0 Å². The van der Waals surface area contributed by atoms with E-state index in [2.05, 4.69) is 4.98 Å². The molecule has 2 aromatic rings. The third-order valence-corrected chi connectivity index (χ3v) is 2.02. The summed E-state index contributed by atoms with van der Waals surface area (Å²) < 4.78 is 0. The van der Waals surface area contributed by atoms with Crippen molar-refractivity contribution < 1.29 is 9.90 Å². The summed E-state index contributed by atoms with van der Waals surface area (Å²) in [6.45, 7) is 0. The second-order valence-corrected chi connectivity index (χ2v) is 3.08. The Kier molecular flexibility index (Phi) is 2.14. The van der Waals surface area contributed by atoms with Gasteiger partial charge in [-0.25, -0.2) is 0 Å². The molecule has 2 rings (SSSR count). The first kappa shape index (κ1) is 8.69. The lowest BCUT2D eigenvalue weighted by atomic mass is 10.1. The minimum Gasteiger partial charge on any atom is -0.550 e. The highest BCUT2D eigenvalue weighted by atomic mass is 16.4. The van der Waals surface area contributed by atoms with Crippen LogP contribution in [0.3, 0.4) is 0 Å². The first-order valence-electron chi connectivity index (χ1n) is 4.29. The number of carboxylic acid groups (broad SMARTS) is 1. The molecule has 70 valence electrons. The van der Waals surface area contributed by atoms with Crippen molar-refractivity contribution in [3.63, 3.8) is 0 Å². The Labute approximate surface area is 81.0 Å². The van der Waals surface area contributed by atoms with E-state index >= 15 is 0 Å². The number of aromatic nitrogens is 1. The Morgan fingerprint density at radius 1 is 1.36 bits per heavy atom. The SMILES string of the molecule is O=C([O-])Cc1ccc2ncccc2c1. The average Bonchev–Trinajstić information content (AvgIpc) is 2.17. The zero-order valence-electron chi connectivity index (χ0n) is 7.43. The molecule has 0 saturated carbocycles. The van der Waals surface area contributed by atoms with Gasteiger partial charge in [0.1, 0.15) is 0 Å². The van der Waals surface area contributed by atoms with Crippen LogP contribution in [0.15, 0.2) is 36.5 Å². The van der Waals surface area contributed by atoms with Crippen molar-refractivity contribution in [3.05, 3.63) is 42.1 Å². The van der Waals surface area contributed by atoms with Gasteiger partial charge in [-0.1, -0.05) is 12.1 Å². The highest BCUT2D eigenvalue weighted by Crippen LogP contribution is 2.13. The molecule has 0 radical (unpaired) electrons. The minimum atomic E-state index is -1.06. The van der Waals surface area contributed by atoms with Crippen LogP contribution in [0, 0.1) is 0 Å². The van der Waals surface area contributed by atoms with Gasteiger partial charge < -0.3 is 9.90 Å². The topological polar surface area (TPSA) is 53.0 Å².